The van der Waals surface area contributed by atoms with Gasteiger partial charge in [0.2, 0.25) is 5.91 Å². The number of ether oxygens (including phenoxy) is 2. The summed E-state index contributed by atoms with van der Waals surface area (Å²) in [6.45, 7) is 5.17. The van der Waals surface area contributed by atoms with Gasteiger partial charge in [0.05, 0.1) is 7.11 Å². The molecule has 2 aromatic carbocycles. The highest BCUT2D eigenvalue weighted by molar-refractivity contribution is 5.99. The van der Waals surface area contributed by atoms with Crippen LogP contribution in [0, 0.1) is 0 Å². The van der Waals surface area contributed by atoms with Crippen molar-refractivity contribution in [3.63, 3.8) is 0 Å². The third kappa shape index (κ3) is 5.17. The molecule has 0 bridgehead atoms. The molecule has 4 rings (SSSR count). The second-order valence-corrected chi connectivity index (χ2v) is 7.86. The van der Waals surface area contributed by atoms with Crippen LogP contribution in [-0.2, 0) is 4.79 Å². The van der Waals surface area contributed by atoms with Crippen molar-refractivity contribution in [3.8, 4) is 11.5 Å². The van der Waals surface area contributed by atoms with Crippen LogP contribution in [0.1, 0.15) is 23.2 Å². The molecule has 0 atom stereocenters. The molecule has 0 aromatic heterocycles. The Balaban J connectivity index is 1.24. The van der Waals surface area contributed by atoms with Gasteiger partial charge in [0, 0.05) is 56.9 Å². The van der Waals surface area contributed by atoms with Crippen molar-refractivity contribution < 1.29 is 19.1 Å². The average Bonchev–Trinajstić information content (AvgIpc) is 3.25. The van der Waals surface area contributed by atoms with Crippen LogP contribution in [0.5, 0.6) is 11.5 Å². The van der Waals surface area contributed by atoms with Crippen molar-refractivity contribution in [1.82, 2.24) is 9.80 Å². The van der Waals surface area contributed by atoms with Gasteiger partial charge in [0.1, 0.15) is 18.1 Å². The Morgan fingerprint density at radius 2 is 1.71 bits per heavy atom. The van der Waals surface area contributed by atoms with Gasteiger partial charge in [-0.2, -0.15) is 0 Å². The van der Waals surface area contributed by atoms with E-state index in [1.165, 1.54) is 0 Å². The molecule has 2 aromatic rings. The number of rotatable bonds is 7. The molecule has 2 amide bonds. The first kappa shape index (κ1) is 21.2. The molecule has 7 heteroatoms. The summed E-state index contributed by atoms with van der Waals surface area (Å²) < 4.78 is 11.0. The molecule has 164 valence electrons. The fourth-order valence-electron chi connectivity index (χ4n) is 4.05. The Bertz CT molecular complexity index is 907. The maximum Gasteiger partial charge on any atom is 0.254 e. The van der Waals surface area contributed by atoms with E-state index in [1.807, 2.05) is 53.4 Å². The molecule has 2 aliphatic heterocycles. The van der Waals surface area contributed by atoms with Gasteiger partial charge < -0.3 is 19.3 Å². The highest BCUT2D eigenvalue weighted by Crippen LogP contribution is 2.23. The normalized spacial score (nSPS) is 17.1. The minimum absolute atomic E-state index is 0.0302. The molecule has 0 saturated carbocycles. The zero-order valence-electron chi connectivity index (χ0n) is 18.0. The molecule has 0 aliphatic carbocycles. The topological polar surface area (TPSA) is 62.3 Å². The average molecular weight is 424 g/mol. The van der Waals surface area contributed by atoms with Crippen molar-refractivity contribution >= 4 is 17.5 Å². The lowest BCUT2D eigenvalue weighted by Crippen LogP contribution is -2.49. The summed E-state index contributed by atoms with van der Waals surface area (Å²) in [5.74, 6) is 1.80. The molecule has 7 nitrogen and oxygen atoms in total. The Morgan fingerprint density at radius 1 is 0.968 bits per heavy atom. The zero-order chi connectivity index (χ0) is 21.6. The molecule has 2 aliphatic rings. The predicted octanol–water partition coefficient (Wildman–Crippen LogP) is 2.66. The van der Waals surface area contributed by atoms with Crippen LogP contribution in [0.4, 0.5) is 5.69 Å². The first-order valence-electron chi connectivity index (χ1n) is 10.8. The van der Waals surface area contributed by atoms with E-state index in [0.29, 0.717) is 31.7 Å². The van der Waals surface area contributed by atoms with Gasteiger partial charge in [-0.15, -0.1) is 0 Å². The molecule has 0 spiro atoms. The number of benzene rings is 2. The second-order valence-electron chi connectivity index (χ2n) is 7.86. The number of hydrogen-bond donors (Lipinski definition) is 0. The first-order chi connectivity index (χ1) is 15.1. The minimum Gasteiger partial charge on any atom is -0.497 e. The van der Waals surface area contributed by atoms with Crippen molar-refractivity contribution in [2.24, 2.45) is 0 Å². The lowest BCUT2D eigenvalue weighted by molar-refractivity contribution is -0.117. The predicted molar refractivity (Wildman–Crippen MR) is 119 cm³/mol. The summed E-state index contributed by atoms with van der Waals surface area (Å²) in [5.41, 5.74) is 1.47. The summed E-state index contributed by atoms with van der Waals surface area (Å²) in [4.78, 5) is 31.0. The monoisotopic (exact) mass is 423 g/mol. The van der Waals surface area contributed by atoms with Crippen molar-refractivity contribution in [2.75, 3.05) is 57.9 Å². The van der Waals surface area contributed by atoms with Gasteiger partial charge in [-0.25, -0.2) is 0 Å². The molecule has 2 fully saturated rings. The second kappa shape index (κ2) is 9.83. The standard InChI is InChI=1S/C24H29N3O4/c1-30-21-7-9-22(10-8-21)31-17-16-25-12-14-26(15-13-25)24(29)19-4-2-5-20(18-19)27-11-3-6-23(27)28/h2,4-5,7-10,18H,3,6,11-17H2,1H3. The maximum atomic E-state index is 13.0. The van der Waals surface area contributed by atoms with Crippen molar-refractivity contribution in [1.29, 1.82) is 0 Å². The summed E-state index contributed by atoms with van der Waals surface area (Å²) in [6, 6.07) is 15.0. The largest absolute Gasteiger partial charge is 0.497 e. The Morgan fingerprint density at radius 3 is 2.39 bits per heavy atom. The molecule has 0 radical (unpaired) electrons. The van der Waals surface area contributed by atoms with E-state index in [2.05, 4.69) is 4.90 Å². The van der Waals surface area contributed by atoms with Crippen molar-refractivity contribution in [3.05, 3.63) is 54.1 Å². The fraction of sp³-hybridized carbons (Fsp3) is 0.417. The number of piperazine rings is 1. The lowest BCUT2D eigenvalue weighted by Gasteiger charge is -2.34. The van der Waals surface area contributed by atoms with E-state index in [4.69, 9.17) is 9.47 Å². The molecule has 2 saturated heterocycles. The van der Waals surface area contributed by atoms with E-state index < -0.39 is 0 Å². The van der Waals surface area contributed by atoms with Crippen LogP contribution >= 0.6 is 0 Å². The van der Waals surface area contributed by atoms with Gasteiger partial charge in [0.15, 0.2) is 0 Å². The number of nitrogens with zero attached hydrogens (tertiary/aromatic N) is 3. The van der Waals surface area contributed by atoms with E-state index in [1.54, 1.807) is 12.0 Å². The summed E-state index contributed by atoms with van der Waals surface area (Å²) >= 11 is 0. The van der Waals surface area contributed by atoms with E-state index >= 15 is 0 Å². The summed E-state index contributed by atoms with van der Waals surface area (Å²) in [7, 11) is 1.64. The van der Waals surface area contributed by atoms with Crippen LogP contribution in [0.25, 0.3) is 0 Å². The smallest absolute Gasteiger partial charge is 0.254 e. The minimum atomic E-state index is 0.0302. The first-order valence-corrected chi connectivity index (χ1v) is 10.8. The number of hydrogen-bond acceptors (Lipinski definition) is 5. The molecule has 31 heavy (non-hydrogen) atoms. The Labute approximate surface area is 183 Å². The Hall–Kier alpha value is -3.06. The van der Waals surface area contributed by atoms with Gasteiger partial charge in [0.25, 0.3) is 5.91 Å². The third-order valence-electron chi connectivity index (χ3n) is 5.87. The maximum absolute atomic E-state index is 13.0. The molecule has 0 unspecified atom stereocenters. The molecule has 2 heterocycles. The number of anilines is 1. The highest BCUT2D eigenvalue weighted by Gasteiger charge is 2.25. The highest BCUT2D eigenvalue weighted by atomic mass is 16.5. The van der Waals surface area contributed by atoms with Gasteiger partial charge in [-0.05, 0) is 48.9 Å². The van der Waals surface area contributed by atoms with Gasteiger partial charge in [-0.3, -0.25) is 14.5 Å². The quantitative estimate of drug-likeness (QED) is 0.685. The summed E-state index contributed by atoms with van der Waals surface area (Å²) in [6.07, 6.45) is 1.46. The number of methoxy groups -OCH3 is 1. The van der Waals surface area contributed by atoms with Crippen LogP contribution in [0.15, 0.2) is 48.5 Å². The lowest BCUT2D eigenvalue weighted by atomic mass is 10.1. The molecular weight excluding hydrogens is 394 g/mol. The Kier molecular flexibility index (Phi) is 6.72. The fourth-order valence-corrected chi connectivity index (χ4v) is 4.05. The number of carbonyl (C=O) groups excluding carboxylic acids is 2. The van der Waals surface area contributed by atoms with Crippen molar-refractivity contribution in [2.45, 2.75) is 12.8 Å². The van der Waals surface area contributed by atoms with Crippen LogP contribution in [0.3, 0.4) is 0 Å². The van der Waals surface area contributed by atoms with E-state index in [9.17, 15) is 9.59 Å². The van der Waals surface area contributed by atoms with Crippen LogP contribution in [0.2, 0.25) is 0 Å². The van der Waals surface area contributed by atoms with Gasteiger partial charge in [-0.1, -0.05) is 6.07 Å². The van der Waals surface area contributed by atoms with E-state index in [0.717, 1.165) is 49.8 Å². The van der Waals surface area contributed by atoms with E-state index in [-0.39, 0.29) is 11.8 Å². The van der Waals surface area contributed by atoms with Gasteiger partial charge >= 0.3 is 0 Å². The van der Waals surface area contributed by atoms with Crippen LogP contribution in [-0.4, -0.2) is 74.6 Å². The molecule has 0 N–H and O–H groups in total. The number of amides is 2. The van der Waals surface area contributed by atoms with Crippen LogP contribution < -0.4 is 14.4 Å². The third-order valence-corrected chi connectivity index (χ3v) is 5.87. The SMILES string of the molecule is COc1ccc(OCCN2CCN(C(=O)c3cccc(N4CCCC4=O)c3)CC2)cc1. The summed E-state index contributed by atoms with van der Waals surface area (Å²) in [5, 5.41) is 0. The number of carbonyl (C=O) groups is 2. The molecular formula is C24H29N3O4. The zero-order valence-corrected chi connectivity index (χ0v) is 18.0.